The van der Waals surface area contributed by atoms with Gasteiger partial charge in [-0.25, -0.2) is 4.39 Å². The maximum absolute atomic E-state index is 13.8. The van der Waals surface area contributed by atoms with Crippen LogP contribution >= 0.6 is 0 Å². The van der Waals surface area contributed by atoms with Crippen molar-refractivity contribution in [2.45, 2.75) is 12.2 Å². The van der Waals surface area contributed by atoms with Crippen molar-refractivity contribution in [3.05, 3.63) is 53.3 Å². The summed E-state index contributed by atoms with van der Waals surface area (Å²) in [5, 5.41) is 5.73. The number of benzene rings is 2. The van der Waals surface area contributed by atoms with Crippen LogP contribution in [0.2, 0.25) is 0 Å². The van der Waals surface area contributed by atoms with Gasteiger partial charge in [-0.2, -0.15) is 13.2 Å². The van der Waals surface area contributed by atoms with E-state index in [1.165, 1.54) is 23.1 Å². The number of nitrogens with zero attached hydrogens (tertiary/aromatic N) is 1. The van der Waals surface area contributed by atoms with E-state index < -0.39 is 29.5 Å². The average Bonchev–Trinajstić information content (AvgIpc) is 2.76. The predicted molar refractivity (Wildman–Crippen MR) is 93.2 cm³/mol. The molecule has 4 rings (SSSR count). The summed E-state index contributed by atoms with van der Waals surface area (Å²) in [4.78, 5) is 26.8. The van der Waals surface area contributed by atoms with E-state index in [9.17, 15) is 27.2 Å². The van der Waals surface area contributed by atoms with Gasteiger partial charge in [0.15, 0.2) is 0 Å². The lowest BCUT2D eigenvalue weighted by atomic mass is 9.99. The van der Waals surface area contributed by atoms with Crippen molar-refractivity contribution in [3.8, 4) is 11.1 Å². The van der Waals surface area contributed by atoms with Gasteiger partial charge >= 0.3 is 6.18 Å². The van der Waals surface area contributed by atoms with Crippen LogP contribution in [0.25, 0.3) is 11.1 Å². The molecule has 0 aliphatic carbocycles. The minimum absolute atomic E-state index is 0.00430. The highest BCUT2D eigenvalue weighted by molar-refractivity contribution is 6.10. The SMILES string of the molecule is O=C1Nc2ccc(-c3cc(F)cc(C(F)(F)F)c3)cc2C(=O)N2CCNCC12. The molecule has 1 atom stereocenters. The number of halogens is 4. The van der Waals surface area contributed by atoms with Crippen molar-refractivity contribution in [1.82, 2.24) is 10.2 Å². The van der Waals surface area contributed by atoms with Gasteiger partial charge in [0.05, 0.1) is 16.8 Å². The number of carbonyl (C=O) groups excluding carboxylic acids is 2. The van der Waals surface area contributed by atoms with E-state index in [0.717, 1.165) is 12.1 Å². The van der Waals surface area contributed by atoms with Gasteiger partial charge < -0.3 is 15.5 Å². The zero-order valence-corrected chi connectivity index (χ0v) is 14.4. The maximum Gasteiger partial charge on any atom is 0.416 e. The fourth-order valence-electron chi connectivity index (χ4n) is 3.48. The third-order valence-electron chi connectivity index (χ3n) is 4.87. The van der Waals surface area contributed by atoms with Crippen LogP contribution in [0.4, 0.5) is 23.2 Å². The first-order valence-corrected chi connectivity index (χ1v) is 8.59. The molecule has 5 nitrogen and oxygen atoms in total. The number of rotatable bonds is 1. The summed E-state index contributed by atoms with van der Waals surface area (Å²) in [5.41, 5.74) is -0.428. The quantitative estimate of drug-likeness (QED) is 0.733. The monoisotopic (exact) mass is 393 g/mol. The lowest BCUT2D eigenvalue weighted by Gasteiger charge is -2.33. The van der Waals surface area contributed by atoms with Gasteiger partial charge in [0.2, 0.25) is 5.91 Å². The predicted octanol–water partition coefficient (Wildman–Crippen LogP) is 2.88. The van der Waals surface area contributed by atoms with Gasteiger partial charge in [0.25, 0.3) is 5.91 Å². The number of anilines is 1. The number of fused-ring (bicyclic) bond motifs is 2. The summed E-state index contributed by atoms with van der Waals surface area (Å²) in [6, 6.07) is 5.85. The van der Waals surface area contributed by atoms with Crippen molar-refractivity contribution >= 4 is 17.5 Å². The first kappa shape index (κ1) is 18.4. The molecule has 0 saturated carbocycles. The number of alkyl halides is 3. The Hall–Kier alpha value is -2.94. The van der Waals surface area contributed by atoms with Gasteiger partial charge in [0, 0.05) is 19.6 Å². The van der Waals surface area contributed by atoms with E-state index in [2.05, 4.69) is 10.6 Å². The summed E-state index contributed by atoms with van der Waals surface area (Å²) < 4.78 is 52.8. The molecule has 0 aromatic heterocycles. The first-order chi connectivity index (χ1) is 13.2. The molecule has 2 aromatic carbocycles. The molecule has 28 heavy (non-hydrogen) atoms. The van der Waals surface area contributed by atoms with Crippen LogP contribution in [0, 0.1) is 5.82 Å². The molecule has 2 aromatic rings. The van der Waals surface area contributed by atoms with Crippen molar-refractivity contribution in [2.75, 3.05) is 25.0 Å². The molecule has 0 radical (unpaired) electrons. The Balaban J connectivity index is 1.79. The van der Waals surface area contributed by atoms with E-state index in [1.807, 2.05) is 0 Å². The molecule has 2 aliphatic rings. The van der Waals surface area contributed by atoms with Crippen LogP contribution < -0.4 is 10.6 Å². The fraction of sp³-hybridized carbons (Fsp3) is 0.263. The molecule has 1 fully saturated rings. The van der Waals surface area contributed by atoms with Gasteiger partial charge in [-0.15, -0.1) is 0 Å². The first-order valence-electron chi connectivity index (χ1n) is 8.59. The Kier molecular flexibility index (Phi) is 4.34. The number of hydrogen-bond acceptors (Lipinski definition) is 3. The van der Waals surface area contributed by atoms with Gasteiger partial charge in [0.1, 0.15) is 11.9 Å². The van der Waals surface area contributed by atoms with Crippen molar-refractivity contribution in [2.24, 2.45) is 0 Å². The number of piperazine rings is 1. The Morgan fingerprint density at radius 1 is 1.04 bits per heavy atom. The molecule has 146 valence electrons. The Labute approximate surface area is 157 Å². The van der Waals surface area contributed by atoms with Gasteiger partial charge in [-0.1, -0.05) is 6.07 Å². The smallest absolute Gasteiger partial charge is 0.324 e. The molecule has 9 heteroatoms. The molecule has 2 N–H and O–H groups in total. The number of hydrogen-bond donors (Lipinski definition) is 2. The molecule has 1 saturated heterocycles. The Bertz CT molecular complexity index is 974. The van der Waals surface area contributed by atoms with Crippen LogP contribution in [-0.2, 0) is 11.0 Å². The van der Waals surface area contributed by atoms with E-state index in [4.69, 9.17) is 0 Å². The van der Waals surface area contributed by atoms with Crippen LogP contribution in [0.15, 0.2) is 36.4 Å². The lowest BCUT2D eigenvalue weighted by Crippen LogP contribution is -2.57. The fourth-order valence-corrected chi connectivity index (χ4v) is 3.48. The molecule has 0 spiro atoms. The summed E-state index contributed by atoms with van der Waals surface area (Å²) >= 11 is 0. The van der Waals surface area contributed by atoms with Crippen LogP contribution in [0.5, 0.6) is 0 Å². The van der Waals surface area contributed by atoms with Crippen LogP contribution in [-0.4, -0.2) is 42.4 Å². The zero-order chi connectivity index (χ0) is 20.1. The average molecular weight is 393 g/mol. The van der Waals surface area contributed by atoms with Crippen molar-refractivity contribution in [3.63, 3.8) is 0 Å². The van der Waals surface area contributed by atoms with E-state index in [1.54, 1.807) is 0 Å². The Morgan fingerprint density at radius 2 is 1.82 bits per heavy atom. The zero-order valence-electron chi connectivity index (χ0n) is 14.4. The van der Waals surface area contributed by atoms with Crippen molar-refractivity contribution in [1.29, 1.82) is 0 Å². The van der Waals surface area contributed by atoms with E-state index in [0.29, 0.717) is 25.7 Å². The molecule has 2 heterocycles. The number of amides is 2. The highest BCUT2D eigenvalue weighted by atomic mass is 19.4. The normalized spacial score (nSPS) is 19.6. The Morgan fingerprint density at radius 3 is 2.57 bits per heavy atom. The lowest BCUT2D eigenvalue weighted by molar-refractivity contribution is -0.137. The van der Waals surface area contributed by atoms with E-state index >= 15 is 0 Å². The highest BCUT2D eigenvalue weighted by Crippen LogP contribution is 2.35. The topological polar surface area (TPSA) is 61.4 Å². The number of carbonyl (C=O) groups is 2. The summed E-state index contributed by atoms with van der Waals surface area (Å²) in [5.74, 6) is -1.76. The van der Waals surface area contributed by atoms with Crippen molar-refractivity contribution < 1.29 is 27.2 Å². The molecular formula is C19H15F4N3O2. The second-order valence-electron chi connectivity index (χ2n) is 6.69. The highest BCUT2D eigenvalue weighted by Gasteiger charge is 2.37. The second kappa shape index (κ2) is 6.59. The standard InChI is InChI=1S/C19H15F4N3O2/c20-13-6-11(5-12(8-13)19(21,22)23)10-1-2-15-14(7-10)18(28)26-4-3-24-9-16(26)17(27)25-15/h1-2,5-8,16,24H,3-4,9H2,(H,25,27). The molecular weight excluding hydrogens is 378 g/mol. The second-order valence-corrected chi connectivity index (χ2v) is 6.69. The van der Waals surface area contributed by atoms with Gasteiger partial charge in [-0.3, -0.25) is 9.59 Å². The minimum atomic E-state index is -4.69. The molecule has 2 amide bonds. The summed E-state index contributed by atoms with van der Waals surface area (Å²) in [7, 11) is 0. The van der Waals surface area contributed by atoms with Crippen LogP contribution in [0.3, 0.4) is 0 Å². The maximum atomic E-state index is 13.8. The number of nitrogens with one attached hydrogen (secondary N) is 2. The third-order valence-corrected chi connectivity index (χ3v) is 4.87. The largest absolute Gasteiger partial charge is 0.416 e. The molecule has 0 bridgehead atoms. The molecule has 2 aliphatic heterocycles. The molecule has 1 unspecified atom stereocenters. The van der Waals surface area contributed by atoms with Crippen LogP contribution in [0.1, 0.15) is 15.9 Å². The summed E-state index contributed by atoms with van der Waals surface area (Å²) in [6.45, 7) is 1.18. The summed E-state index contributed by atoms with van der Waals surface area (Å²) in [6.07, 6.45) is -4.69. The minimum Gasteiger partial charge on any atom is -0.324 e. The third kappa shape index (κ3) is 3.22. The van der Waals surface area contributed by atoms with Gasteiger partial charge in [-0.05, 0) is 41.5 Å². The van der Waals surface area contributed by atoms with E-state index in [-0.39, 0.29) is 28.3 Å².